The third kappa shape index (κ3) is 5.88. The fraction of sp³-hybridized carbons (Fsp3) is 0.423. The molecule has 1 aromatic carbocycles. The van der Waals surface area contributed by atoms with Gasteiger partial charge in [-0.3, -0.25) is 9.36 Å². The molecule has 0 saturated heterocycles. The molecule has 2 heterocycles. The van der Waals surface area contributed by atoms with E-state index in [4.69, 9.17) is 9.47 Å². The first-order chi connectivity index (χ1) is 17.7. The molecule has 0 spiro atoms. The van der Waals surface area contributed by atoms with E-state index in [0.29, 0.717) is 16.8 Å². The lowest BCUT2D eigenvalue weighted by Gasteiger charge is -2.19. The highest BCUT2D eigenvalue weighted by Crippen LogP contribution is 2.39. The minimum absolute atomic E-state index is 0.0696. The molecule has 11 heteroatoms. The molecule has 0 radical (unpaired) electrons. The summed E-state index contributed by atoms with van der Waals surface area (Å²) in [6.07, 6.45) is 3.32. The minimum atomic E-state index is -0.627. The first-order valence-corrected chi connectivity index (χ1v) is 13.9. The Bertz CT molecular complexity index is 1300. The lowest BCUT2D eigenvalue weighted by Crippen LogP contribution is -2.16. The maximum Gasteiger partial charge on any atom is 0.337 e. The lowest BCUT2D eigenvalue weighted by molar-refractivity contribution is -0.113. The summed E-state index contributed by atoms with van der Waals surface area (Å²) in [6, 6.07) is 4.37. The Kier molecular flexibility index (Phi) is 8.33. The summed E-state index contributed by atoms with van der Waals surface area (Å²) in [5, 5.41) is 14.5. The number of anilines is 1. The molecule has 0 aliphatic heterocycles. The Morgan fingerprint density at radius 2 is 1.81 bits per heavy atom. The summed E-state index contributed by atoms with van der Waals surface area (Å²) in [5.41, 5.74) is 3.06. The first kappa shape index (κ1) is 26.9. The number of hydrogen-bond acceptors (Lipinski definition) is 9. The van der Waals surface area contributed by atoms with Crippen LogP contribution in [0.3, 0.4) is 0 Å². The maximum atomic E-state index is 12.8. The molecule has 1 unspecified atom stereocenters. The van der Waals surface area contributed by atoms with Crippen LogP contribution in [0.15, 0.2) is 28.7 Å². The van der Waals surface area contributed by atoms with Crippen LogP contribution in [-0.4, -0.2) is 52.6 Å². The van der Waals surface area contributed by atoms with Crippen LogP contribution in [0.2, 0.25) is 0 Å². The molecule has 1 atom stereocenters. The van der Waals surface area contributed by atoms with Gasteiger partial charge in [0.2, 0.25) is 5.91 Å². The van der Waals surface area contributed by atoms with Gasteiger partial charge in [0.05, 0.1) is 31.1 Å². The number of ether oxygens (including phenoxy) is 2. The molecule has 0 fully saturated rings. The van der Waals surface area contributed by atoms with Crippen molar-refractivity contribution >= 4 is 46.6 Å². The minimum Gasteiger partial charge on any atom is -0.465 e. The highest BCUT2D eigenvalue weighted by atomic mass is 32.2. The zero-order valence-corrected chi connectivity index (χ0v) is 23.1. The number of fused-ring (bicyclic) bond motifs is 1. The van der Waals surface area contributed by atoms with Crippen LogP contribution in [0.1, 0.15) is 64.4 Å². The maximum absolute atomic E-state index is 12.8. The highest BCUT2D eigenvalue weighted by Gasteiger charge is 2.25. The van der Waals surface area contributed by atoms with Gasteiger partial charge in [0.25, 0.3) is 0 Å². The molecule has 2 aromatic heterocycles. The van der Waals surface area contributed by atoms with Crippen LogP contribution in [0.5, 0.6) is 0 Å². The second-order valence-corrected chi connectivity index (χ2v) is 11.2. The van der Waals surface area contributed by atoms with E-state index in [1.54, 1.807) is 11.3 Å². The summed E-state index contributed by atoms with van der Waals surface area (Å²) in [5.74, 6) is 0.0309. The van der Waals surface area contributed by atoms with E-state index in [2.05, 4.69) is 46.2 Å². The van der Waals surface area contributed by atoms with Crippen molar-refractivity contribution < 1.29 is 23.9 Å². The number of nitrogens with zero attached hydrogens (tertiary/aromatic N) is 3. The second kappa shape index (κ2) is 11.5. The summed E-state index contributed by atoms with van der Waals surface area (Å²) in [6.45, 7) is 6.44. The summed E-state index contributed by atoms with van der Waals surface area (Å²) < 4.78 is 11.6. The van der Waals surface area contributed by atoms with Crippen LogP contribution in [0.25, 0.3) is 11.4 Å². The molecule has 0 bridgehead atoms. The van der Waals surface area contributed by atoms with Crippen LogP contribution in [0.4, 0.5) is 5.69 Å². The smallest absolute Gasteiger partial charge is 0.337 e. The zero-order valence-electron chi connectivity index (χ0n) is 21.5. The Labute approximate surface area is 224 Å². The van der Waals surface area contributed by atoms with E-state index in [1.165, 1.54) is 61.0 Å². The van der Waals surface area contributed by atoms with Gasteiger partial charge in [0.15, 0.2) is 11.0 Å². The molecule has 0 saturated carbocycles. The first-order valence-electron chi connectivity index (χ1n) is 12.0. The molecule has 37 heavy (non-hydrogen) atoms. The largest absolute Gasteiger partial charge is 0.465 e. The molecule has 1 aliphatic carbocycles. The van der Waals surface area contributed by atoms with Crippen molar-refractivity contribution in [3.05, 3.63) is 45.1 Å². The fourth-order valence-corrected chi connectivity index (χ4v) is 6.50. The van der Waals surface area contributed by atoms with E-state index in [1.807, 2.05) is 0 Å². The number of amides is 1. The highest BCUT2D eigenvalue weighted by molar-refractivity contribution is 7.99. The number of aromatic nitrogens is 3. The predicted molar refractivity (Wildman–Crippen MR) is 143 cm³/mol. The quantitative estimate of drug-likeness (QED) is 0.312. The Morgan fingerprint density at radius 1 is 1.14 bits per heavy atom. The van der Waals surface area contributed by atoms with E-state index < -0.39 is 11.9 Å². The van der Waals surface area contributed by atoms with Crippen LogP contribution in [-0.2, 0) is 27.1 Å². The topological polar surface area (TPSA) is 112 Å². The normalized spacial score (nSPS) is 14.8. The van der Waals surface area contributed by atoms with Crippen molar-refractivity contribution in [2.24, 2.45) is 5.92 Å². The van der Waals surface area contributed by atoms with Gasteiger partial charge < -0.3 is 14.8 Å². The number of nitrogens with one attached hydrogen (secondary N) is 1. The Hall–Kier alpha value is -3.18. The van der Waals surface area contributed by atoms with Crippen molar-refractivity contribution in [1.82, 2.24) is 14.8 Å². The molecule has 4 rings (SSSR count). The number of benzene rings is 1. The molecule has 3 aromatic rings. The number of thioether (sulfide) groups is 1. The van der Waals surface area contributed by atoms with Gasteiger partial charge in [0.1, 0.15) is 0 Å². The molecular weight excluding hydrogens is 512 g/mol. The van der Waals surface area contributed by atoms with Crippen LogP contribution >= 0.6 is 23.1 Å². The summed E-state index contributed by atoms with van der Waals surface area (Å²) >= 11 is 3.08. The molecule has 1 amide bonds. The number of esters is 2. The second-order valence-electron chi connectivity index (χ2n) is 9.29. The summed E-state index contributed by atoms with van der Waals surface area (Å²) in [4.78, 5) is 38.3. The molecule has 196 valence electrons. The third-order valence-electron chi connectivity index (χ3n) is 6.21. The van der Waals surface area contributed by atoms with E-state index in [0.717, 1.165) is 24.2 Å². The van der Waals surface area contributed by atoms with Crippen molar-refractivity contribution in [3.8, 4) is 11.4 Å². The van der Waals surface area contributed by atoms with Gasteiger partial charge in [-0.1, -0.05) is 18.7 Å². The molecule has 1 N–H and O–H groups in total. The Balaban J connectivity index is 1.51. The average molecular weight is 543 g/mol. The van der Waals surface area contributed by atoms with Gasteiger partial charge in [0, 0.05) is 27.5 Å². The van der Waals surface area contributed by atoms with E-state index >= 15 is 0 Å². The number of hydrogen-bond donors (Lipinski definition) is 1. The molecule has 1 aliphatic rings. The van der Waals surface area contributed by atoms with E-state index in [-0.39, 0.29) is 28.8 Å². The average Bonchev–Trinajstić information content (AvgIpc) is 3.49. The Morgan fingerprint density at radius 3 is 2.43 bits per heavy atom. The predicted octanol–water partition coefficient (Wildman–Crippen LogP) is 5.02. The number of carbonyl (C=O) groups excluding carboxylic acids is 3. The van der Waals surface area contributed by atoms with Crippen molar-refractivity contribution in [3.63, 3.8) is 0 Å². The van der Waals surface area contributed by atoms with Crippen LogP contribution in [0, 0.1) is 5.92 Å². The van der Waals surface area contributed by atoms with Crippen molar-refractivity contribution in [2.75, 3.05) is 25.3 Å². The fourth-order valence-electron chi connectivity index (χ4n) is 4.39. The molecular formula is C26H30N4O5S2. The van der Waals surface area contributed by atoms with Gasteiger partial charge in [-0.15, -0.1) is 21.5 Å². The zero-order chi connectivity index (χ0) is 26.7. The van der Waals surface area contributed by atoms with Gasteiger partial charge in [-0.05, 0) is 62.8 Å². The SMILES string of the molecule is COC(=O)c1cc(NC(=O)CSc2nnc(-c3csc4c3CCC(C)C4)n2C(C)C)cc(C(=O)OC)c1. The van der Waals surface area contributed by atoms with Gasteiger partial charge in [-0.2, -0.15) is 0 Å². The number of carbonyl (C=O) groups is 3. The van der Waals surface area contributed by atoms with Crippen molar-refractivity contribution in [2.45, 2.75) is 51.2 Å². The van der Waals surface area contributed by atoms with E-state index in [9.17, 15) is 14.4 Å². The monoisotopic (exact) mass is 542 g/mol. The lowest BCUT2D eigenvalue weighted by atomic mass is 9.88. The number of methoxy groups -OCH3 is 2. The van der Waals surface area contributed by atoms with Crippen LogP contribution < -0.4 is 5.32 Å². The number of thiophene rings is 1. The molecule has 9 nitrogen and oxygen atoms in total. The standard InChI is InChI=1S/C26H30N4O5S2/c1-14(2)30-23(20-12-36-21-8-15(3)6-7-19(20)21)28-29-26(30)37-13-22(31)27-18-10-16(24(32)34-4)9-17(11-18)25(33)35-5/h9-12,14-15H,6-8,13H2,1-5H3,(H,27,31). The third-order valence-corrected chi connectivity index (χ3v) is 8.21. The van der Waals surface area contributed by atoms with Gasteiger partial charge in [-0.25, -0.2) is 9.59 Å². The van der Waals surface area contributed by atoms with Gasteiger partial charge >= 0.3 is 11.9 Å². The number of rotatable bonds is 8. The summed E-state index contributed by atoms with van der Waals surface area (Å²) in [7, 11) is 2.49. The van der Waals surface area contributed by atoms with Crippen molar-refractivity contribution in [1.29, 1.82) is 0 Å².